The van der Waals surface area contributed by atoms with Crippen LogP contribution in [0.5, 0.6) is 11.5 Å². The molecule has 0 radical (unpaired) electrons. The van der Waals surface area contributed by atoms with E-state index in [1.54, 1.807) is 30.3 Å². The average Bonchev–Trinajstić information content (AvgIpc) is 2.43. The average molecular weight is 276 g/mol. The maximum atomic E-state index is 13.8. The van der Waals surface area contributed by atoms with E-state index in [9.17, 15) is 4.39 Å². The van der Waals surface area contributed by atoms with E-state index in [-0.39, 0.29) is 11.6 Å². The lowest BCUT2D eigenvalue weighted by atomic mass is 10.1. The Morgan fingerprint density at radius 3 is 2.79 bits per heavy atom. The molecule has 0 aliphatic rings. The van der Waals surface area contributed by atoms with Crippen molar-refractivity contribution in [3.8, 4) is 17.6 Å². The molecule has 0 aliphatic carbocycles. The van der Waals surface area contributed by atoms with Crippen LogP contribution < -0.4 is 4.74 Å². The summed E-state index contributed by atoms with van der Waals surface area (Å²) in [5.41, 5.74) is 1.86. The summed E-state index contributed by atoms with van der Waals surface area (Å²) < 4.78 is 19.4. The molecule has 0 atom stereocenters. The normalized spacial score (nSPS) is 10.0. The van der Waals surface area contributed by atoms with Gasteiger partial charge in [-0.05, 0) is 30.7 Å². The number of aryl methyl sites for hydroxylation is 1. The van der Waals surface area contributed by atoms with Crippen molar-refractivity contribution in [2.45, 2.75) is 12.8 Å². The molecule has 0 aromatic heterocycles. The highest BCUT2D eigenvalue weighted by Gasteiger charge is 2.12. The van der Waals surface area contributed by atoms with Crippen LogP contribution in [-0.2, 0) is 5.88 Å². The van der Waals surface area contributed by atoms with Gasteiger partial charge in [-0.2, -0.15) is 5.26 Å². The van der Waals surface area contributed by atoms with Gasteiger partial charge in [0.15, 0.2) is 11.6 Å². The Balaban J connectivity index is 2.44. The summed E-state index contributed by atoms with van der Waals surface area (Å²) in [6.45, 7) is 1.83. The summed E-state index contributed by atoms with van der Waals surface area (Å²) >= 11 is 5.77. The van der Waals surface area contributed by atoms with E-state index in [1.807, 2.05) is 13.0 Å². The molecule has 0 fully saturated rings. The van der Waals surface area contributed by atoms with E-state index in [2.05, 4.69) is 0 Å². The molecular formula is C15H11ClFNO. The first-order valence-electron chi connectivity index (χ1n) is 5.67. The lowest BCUT2D eigenvalue weighted by Crippen LogP contribution is -1.95. The number of alkyl halides is 1. The fourth-order valence-corrected chi connectivity index (χ4v) is 1.87. The minimum Gasteiger partial charge on any atom is -0.454 e. The van der Waals surface area contributed by atoms with Gasteiger partial charge in [0.25, 0.3) is 0 Å². The minimum atomic E-state index is -0.472. The molecule has 0 amide bonds. The topological polar surface area (TPSA) is 33.0 Å². The number of nitriles is 1. The Kier molecular flexibility index (Phi) is 4.03. The van der Waals surface area contributed by atoms with Crippen LogP contribution in [0.15, 0.2) is 36.4 Å². The third kappa shape index (κ3) is 2.86. The number of para-hydroxylation sites is 1. The lowest BCUT2D eigenvalue weighted by molar-refractivity contribution is 0.435. The number of ether oxygens (including phenoxy) is 1. The van der Waals surface area contributed by atoms with Crippen LogP contribution in [0.3, 0.4) is 0 Å². The summed E-state index contributed by atoms with van der Waals surface area (Å²) in [6.07, 6.45) is 0. The predicted octanol–water partition coefficient (Wildman–Crippen LogP) is 4.54. The number of rotatable bonds is 3. The highest BCUT2D eigenvalue weighted by molar-refractivity contribution is 6.17. The van der Waals surface area contributed by atoms with Gasteiger partial charge in [0.2, 0.25) is 0 Å². The predicted molar refractivity (Wildman–Crippen MR) is 71.9 cm³/mol. The fraction of sp³-hybridized carbons (Fsp3) is 0.133. The van der Waals surface area contributed by atoms with Gasteiger partial charge >= 0.3 is 0 Å². The van der Waals surface area contributed by atoms with E-state index < -0.39 is 5.82 Å². The molecule has 96 valence electrons. The first kappa shape index (κ1) is 13.4. The molecule has 0 bridgehead atoms. The second-order valence-electron chi connectivity index (χ2n) is 4.06. The fourth-order valence-electron chi connectivity index (χ4n) is 1.66. The van der Waals surface area contributed by atoms with Crippen LogP contribution in [0.25, 0.3) is 0 Å². The van der Waals surface area contributed by atoms with Crippen molar-refractivity contribution in [3.05, 3.63) is 58.9 Å². The van der Waals surface area contributed by atoms with Crippen LogP contribution in [0.2, 0.25) is 0 Å². The lowest BCUT2D eigenvalue weighted by Gasteiger charge is -2.12. The summed E-state index contributed by atoms with van der Waals surface area (Å²) in [4.78, 5) is 0. The smallest absolute Gasteiger partial charge is 0.167 e. The standard InChI is InChI=1S/C15H11ClFNO/c1-10-5-6-11(9-18)7-14(10)19-15-12(8-16)3-2-4-13(15)17/h2-7H,8H2,1H3. The van der Waals surface area contributed by atoms with Gasteiger partial charge in [-0.15, -0.1) is 11.6 Å². The molecule has 2 aromatic rings. The van der Waals surface area contributed by atoms with E-state index in [1.165, 1.54) is 6.07 Å². The third-order valence-electron chi connectivity index (χ3n) is 2.72. The molecule has 2 rings (SSSR count). The summed E-state index contributed by atoms with van der Waals surface area (Å²) in [6, 6.07) is 11.7. The van der Waals surface area contributed by atoms with E-state index in [0.29, 0.717) is 16.9 Å². The van der Waals surface area contributed by atoms with Crippen LogP contribution in [0.1, 0.15) is 16.7 Å². The van der Waals surface area contributed by atoms with Crippen LogP contribution in [-0.4, -0.2) is 0 Å². The van der Waals surface area contributed by atoms with E-state index in [0.717, 1.165) is 5.56 Å². The maximum absolute atomic E-state index is 13.8. The Bertz CT molecular complexity index is 649. The zero-order valence-corrected chi connectivity index (χ0v) is 11.0. The molecule has 2 nitrogen and oxygen atoms in total. The van der Waals surface area contributed by atoms with Crippen molar-refractivity contribution in [1.29, 1.82) is 5.26 Å². The molecular weight excluding hydrogens is 265 g/mol. The second-order valence-corrected chi connectivity index (χ2v) is 4.32. The number of halogens is 2. The molecule has 19 heavy (non-hydrogen) atoms. The monoisotopic (exact) mass is 275 g/mol. The van der Waals surface area contributed by atoms with Crippen molar-refractivity contribution in [1.82, 2.24) is 0 Å². The van der Waals surface area contributed by atoms with Gasteiger partial charge in [0, 0.05) is 5.56 Å². The first-order valence-corrected chi connectivity index (χ1v) is 6.21. The molecule has 0 spiro atoms. The number of hydrogen-bond acceptors (Lipinski definition) is 2. The Morgan fingerprint density at radius 1 is 1.32 bits per heavy atom. The molecule has 0 unspecified atom stereocenters. The maximum Gasteiger partial charge on any atom is 0.167 e. The third-order valence-corrected chi connectivity index (χ3v) is 3.01. The molecule has 0 N–H and O–H groups in total. The number of hydrogen-bond donors (Lipinski definition) is 0. The second kappa shape index (κ2) is 5.73. The van der Waals surface area contributed by atoms with Crippen LogP contribution >= 0.6 is 11.6 Å². The highest BCUT2D eigenvalue weighted by atomic mass is 35.5. The summed E-state index contributed by atoms with van der Waals surface area (Å²) in [7, 11) is 0. The molecule has 0 saturated carbocycles. The van der Waals surface area contributed by atoms with E-state index in [4.69, 9.17) is 21.6 Å². The van der Waals surface area contributed by atoms with Crippen molar-refractivity contribution in [2.75, 3.05) is 0 Å². The van der Waals surface area contributed by atoms with Crippen molar-refractivity contribution in [3.63, 3.8) is 0 Å². The molecule has 0 saturated heterocycles. The van der Waals surface area contributed by atoms with Crippen molar-refractivity contribution in [2.24, 2.45) is 0 Å². The highest BCUT2D eigenvalue weighted by Crippen LogP contribution is 2.31. The van der Waals surface area contributed by atoms with Gasteiger partial charge < -0.3 is 4.74 Å². The SMILES string of the molecule is Cc1ccc(C#N)cc1Oc1c(F)cccc1CCl. The van der Waals surface area contributed by atoms with E-state index >= 15 is 0 Å². The molecule has 2 aromatic carbocycles. The van der Waals surface area contributed by atoms with Gasteiger partial charge in [0.1, 0.15) is 5.75 Å². The number of nitrogens with zero attached hydrogens (tertiary/aromatic N) is 1. The largest absolute Gasteiger partial charge is 0.454 e. The van der Waals surface area contributed by atoms with Crippen molar-refractivity contribution < 1.29 is 9.13 Å². The van der Waals surface area contributed by atoms with Crippen LogP contribution in [0, 0.1) is 24.1 Å². The first-order chi connectivity index (χ1) is 9.15. The van der Waals surface area contributed by atoms with Crippen molar-refractivity contribution >= 4 is 11.6 Å². The van der Waals surface area contributed by atoms with Gasteiger partial charge in [-0.3, -0.25) is 0 Å². The van der Waals surface area contributed by atoms with Crippen LogP contribution in [0.4, 0.5) is 4.39 Å². The summed E-state index contributed by atoms with van der Waals surface area (Å²) in [5.74, 6) is 0.246. The Morgan fingerprint density at radius 2 is 2.11 bits per heavy atom. The zero-order valence-electron chi connectivity index (χ0n) is 10.3. The molecule has 4 heteroatoms. The van der Waals surface area contributed by atoms with Gasteiger partial charge in [-0.1, -0.05) is 18.2 Å². The molecule has 0 heterocycles. The minimum absolute atomic E-state index is 0.107. The summed E-state index contributed by atoms with van der Waals surface area (Å²) in [5, 5.41) is 8.87. The molecule has 0 aliphatic heterocycles. The Hall–Kier alpha value is -2.05. The Labute approximate surface area is 116 Å². The van der Waals surface area contributed by atoms with Gasteiger partial charge in [0.05, 0.1) is 17.5 Å². The van der Waals surface area contributed by atoms with Gasteiger partial charge in [-0.25, -0.2) is 4.39 Å². The quantitative estimate of drug-likeness (QED) is 0.771. The number of benzene rings is 2. The zero-order chi connectivity index (χ0) is 13.8.